The fourth-order valence-electron chi connectivity index (χ4n) is 13.9. The Bertz CT molecular complexity index is 3240. The van der Waals surface area contributed by atoms with Gasteiger partial charge in [-0.1, -0.05) is 154 Å². The van der Waals surface area contributed by atoms with Crippen molar-refractivity contribution in [1.29, 1.82) is 0 Å². The smallest absolute Gasteiger partial charge is 0.268 e. The number of halogens is 6. The van der Waals surface area contributed by atoms with Gasteiger partial charge in [0.15, 0.2) is 11.3 Å². The normalized spacial score (nSPS) is 21.4. The zero-order valence-electron chi connectivity index (χ0n) is 44.7. The summed E-state index contributed by atoms with van der Waals surface area (Å²) in [7, 11) is 3.21. The first-order valence-electron chi connectivity index (χ1n) is 28.4. The molecule has 4 fully saturated rings. The van der Waals surface area contributed by atoms with E-state index >= 15 is 18.4 Å². The molecule has 5 atom stereocenters. The van der Waals surface area contributed by atoms with Gasteiger partial charge in [-0.3, -0.25) is 9.59 Å². The molecule has 2 aromatic heterocycles. The van der Waals surface area contributed by atoms with Gasteiger partial charge < -0.3 is 38.7 Å². The average Bonchev–Trinajstić information content (AvgIpc) is 2.49. The third kappa shape index (κ3) is 10.2. The minimum absolute atomic E-state index is 0.122. The van der Waals surface area contributed by atoms with Crippen molar-refractivity contribution < 1.29 is 37.3 Å². The predicted molar refractivity (Wildman–Crippen MR) is 303 cm³/mol. The molecule has 11 rings (SSSR count). The van der Waals surface area contributed by atoms with Crippen LogP contribution in [0.4, 0.5) is 8.78 Å². The van der Waals surface area contributed by atoms with Gasteiger partial charge in [0.25, 0.3) is 18.1 Å². The second kappa shape index (κ2) is 23.9. The number of nitrogens with one attached hydrogen (secondary N) is 2. The largest absolute Gasteiger partial charge is 0.455 e. The monoisotopic (exact) mass is 1160 g/mol. The van der Waals surface area contributed by atoms with Gasteiger partial charge in [-0.15, -0.1) is 0 Å². The van der Waals surface area contributed by atoms with E-state index < -0.39 is 65.1 Å². The van der Waals surface area contributed by atoms with Crippen molar-refractivity contribution in [2.75, 3.05) is 14.2 Å². The molecule has 79 heavy (non-hydrogen) atoms. The van der Waals surface area contributed by atoms with Crippen molar-refractivity contribution in [1.82, 2.24) is 29.7 Å². The molecular weight excluding hydrogens is 1090 g/mol. The van der Waals surface area contributed by atoms with Crippen LogP contribution < -0.4 is 10.6 Å². The predicted octanol–water partition coefficient (Wildman–Crippen LogP) is 15.4. The zero-order chi connectivity index (χ0) is 55.0. The number of rotatable bonds is 16. The van der Waals surface area contributed by atoms with Crippen molar-refractivity contribution in [2.24, 2.45) is 11.8 Å². The molecule has 4 aromatic carbocycles. The minimum atomic E-state index is -2.66. The van der Waals surface area contributed by atoms with E-state index in [0.717, 1.165) is 103 Å². The number of carbonyl (C=O) groups is 2. The molecule has 0 spiro atoms. The van der Waals surface area contributed by atoms with Crippen LogP contribution in [0.1, 0.15) is 170 Å². The summed E-state index contributed by atoms with van der Waals surface area (Å²) in [6.45, 7) is 0. The van der Waals surface area contributed by atoms with Crippen LogP contribution in [0.3, 0.4) is 0 Å². The SMILES string of the molecule is COC(c1nc2cc(F)c(Cl)cc2n1C(C(=O)NC1CCCCC1)(C1=COC(c2ccccc2Cl)O1)C(C(=O)NC1CCCCC1)(c1cccc(Cl)c1)n1c(C(OC)C2CCCCC2)nc2cc(F)c(Cl)cc21)C1CCCCC1. The van der Waals surface area contributed by atoms with Gasteiger partial charge in [-0.25, -0.2) is 18.7 Å². The average molecular weight is 1160 g/mol. The summed E-state index contributed by atoms with van der Waals surface area (Å²) in [5.41, 5.74) is -3.97. The lowest BCUT2D eigenvalue weighted by Gasteiger charge is -2.52. The summed E-state index contributed by atoms with van der Waals surface area (Å²) < 4.78 is 63.8. The molecule has 4 aliphatic carbocycles. The molecule has 3 heterocycles. The Balaban J connectivity index is 1.39. The lowest BCUT2D eigenvalue weighted by atomic mass is 9.67. The first-order valence-corrected chi connectivity index (χ1v) is 29.9. The van der Waals surface area contributed by atoms with Crippen LogP contribution >= 0.6 is 46.4 Å². The number of imidazole rings is 2. The molecule has 0 radical (unpaired) electrons. The van der Waals surface area contributed by atoms with Crippen LogP contribution in [0.2, 0.25) is 20.1 Å². The van der Waals surface area contributed by atoms with Crippen LogP contribution in [-0.2, 0) is 39.6 Å². The third-order valence-electron chi connectivity index (χ3n) is 17.6. The van der Waals surface area contributed by atoms with Gasteiger partial charge in [-0.2, -0.15) is 0 Å². The van der Waals surface area contributed by atoms with Crippen LogP contribution in [-0.4, -0.2) is 57.2 Å². The third-order valence-corrected chi connectivity index (χ3v) is 18.8. The quantitative estimate of drug-likeness (QED) is 0.0980. The molecule has 2 N–H and O–H groups in total. The van der Waals surface area contributed by atoms with E-state index in [1.807, 2.05) is 0 Å². The molecule has 6 aromatic rings. The highest BCUT2D eigenvalue weighted by Crippen LogP contribution is 2.57. The molecule has 0 saturated heterocycles. The van der Waals surface area contributed by atoms with E-state index in [4.69, 9.17) is 75.3 Å². The minimum Gasteiger partial charge on any atom is -0.455 e. The molecule has 5 unspecified atom stereocenters. The Labute approximate surface area is 480 Å². The number of hydrogen-bond donors (Lipinski definition) is 2. The number of amides is 2. The van der Waals surface area contributed by atoms with Crippen LogP contribution in [0, 0.1) is 23.5 Å². The number of nitrogens with zero attached hydrogens (tertiary/aromatic N) is 4. The van der Waals surface area contributed by atoms with E-state index in [1.165, 1.54) is 30.5 Å². The van der Waals surface area contributed by atoms with Crippen molar-refractivity contribution >= 4 is 80.3 Å². The maximum atomic E-state index is 18.0. The Morgan fingerprint density at radius 1 is 0.595 bits per heavy atom. The maximum Gasteiger partial charge on any atom is 0.268 e. The Morgan fingerprint density at radius 3 is 1.54 bits per heavy atom. The highest BCUT2D eigenvalue weighted by molar-refractivity contribution is 6.32. The number of methoxy groups -OCH3 is 2. The summed E-state index contributed by atoms with van der Waals surface area (Å²) in [4.78, 5) is 46.7. The highest BCUT2D eigenvalue weighted by atomic mass is 35.5. The zero-order valence-corrected chi connectivity index (χ0v) is 47.7. The van der Waals surface area contributed by atoms with Crippen LogP contribution in [0.25, 0.3) is 22.1 Å². The molecule has 0 bridgehead atoms. The molecular formula is C61H68Cl4F2N6O6. The van der Waals surface area contributed by atoms with Gasteiger partial charge in [-0.05, 0) is 99.1 Å². The molecule has 5 aliphatic rings. The lowest BCUT2D eigenvalue weighted by molar-refractivity contribution is -0.149. The highest BCUT2D eigenvalue weighted by Gasteiger charge is 2.72. The Kier molecular flexibility index (Phi) is 16.9. The molecule has 420 valence electrons. The molecule has 18 heteroatoms. The topological polar surface area (TPSA) is 131 Å². The molecule has 4 saturated carbocycles. The number of fused-ring (bicyclic) bond motifs is 2. The van der Waals surface area contributed by atoms with E-state index in [0.29, 0.717) is 36.3 Å². The molecule has 12 nitrogen and oxygen atoms in total. The number of aromatic nitrogens is 4. The van der Waals surface area contributed by atoms with E-state index in [2.05, 4.69) is 10.6 Å². The Hall–Kier alpha value is -4.96. The van der Waals surface area contributed by atoms with Gasteiger partial charge in [0.05, 0.1) is 42.7 Å². The molecule has 1 aliphatic heterocycles. The van der Waals surface area contributed by atoms with Crippen molar-refractivity contribution in [3.05, 3.63) is 139 Å². The number of ether oxygens (including phenoxy) is 4. The summed E-state index contributed by atoms with van der Waals surface area (Å²) in [6.07, 6.45) is 14.8. The van der Waals surface area contributed by atoms with E-state index in [1.54, 1.807) is 71.9 Å². The van der Waals surface area contributed by atoms with Gasteiger partial charge >= 0.3 is 0 Å². The van der Waals surface area contributed by atoms with Crippen molar-refractivity contribution in [3.63, 3.8) is 0 Å². The second-order valence-electron chi connectivity index (χ2n) is 22.4. The number of benzene rings is 4. The van der Waals surface area contributed by atoms with Crippen molar-refractivity contribution in [3.8, 4) is 0 Å². The summed E-state index contributed by atoms with van der Waals surface area (Å²) in [5, 5.41) is 7.12. The fourth-order valence-corrected chi connectivity index (χ4v) is 14.7. The van der Waals surface area contributed by atoms with Gasteiger partial charge in [0, 0.05) is 43.5 Å². The second-order valence-corrected chi connectivity index (χ2v) is 24.0. The number of carbonyl (C=O) groups excluding carboxylic acids is 2. The number of hydrogen-bond acceptors (Lipinski definition) is 8. The fraction of sp³-hybridized carbons (Fsp3) is 0.508. The van der Waals surface area contributed by atoms with Crippen molar-refractivity contribution in [2.45, 2.75) is 170 Å². The first-order chi connectivity index (χ1) is 38.4. The lowest BCUT2D eigenvalue weighted by Crippen LogP contribution is -2.72. The summed E-state index contributed by atoms with van der Waals surface area (Å²) in [6, 6.07) is 18.5. The molecule has 2 amide bonds. The standard InChI is InChI=1S/C61H68Cl4F2N6O6/c1-76-53(36-18-7-3-8-19-36)55-70-48-33-46(66)44(64)31-50(48)72(55)60(38-22-17-23-39(62)30-38,58(74)68-40-24-11-5-12-25-40)61(59(75)69-41-26-13-6-14-27-41,52-35-78-57(79-52)42-28-15-16-29-43(42)63)73-51-32-45(65)47(67)34-49(51)71-56(73)54(77-2)37-20-9-4-10-21-37/h15-17,22-23,28-37,40-41,53-54,57H,3-14,18-21,24-27H2,1-2H3,(H,68,74)(H,69,75). The maximum absolute atomic E-state index is 18.0. The first kappa shape index (κ1) is 55.9. The van der Waals surface area contributed by atoms with E-state index in [9.17, 15) is 0 Å². The summed E-state index contributed by atoms with van der Waals surface area (Å²) in [5.74, 6) is -2.93. The van der Waals surface area contributed by atoms with E-state index in [-0.39, 0.29) is 71.9 Å². The van der Waals surface area contributed by atoms with Crippen LogP contribution in [0.15, 0.2) is 84.8 Å². The van der Waals surface area contributed by atoms with Gasteiger partial charge in [0.2, 0.25) is 5.54 Å². The van der Waals surface area contributed by atoms with Gasteiger partial charge in [0.1, 0.15) is 41.8 Å². The summed E-state index contributed by atoms with van der Waals surface area (Å²) >= 11 is 28.4. The Morgan fingerprint density at radius 2 is 1.06 bits per heavy atom. The van der Waals surface area contributed by atoms with Crippen LogP contribution in [0.5, 0.6) is 0 Å².